The minimum Gasteiger partial charge on any atom is -0.528 e. The first kappa shape index (κ1) is 16.6. The highest BCUT2D eigenvalue weighted by atomic mass is 32.1. The lowest BCUT2D eigenvalue weighted by atomic mass is 10.1. The number of carbonyl (C=O) groups excluding carboxylic acids is 1. The molecule has 0 saturated carbocycles. The molecular formula is C13H10BN7O3S. The molecule has 2 N–H and O–H groups in total. The Kier molecular flexibility index (Phi) is 5.31. The van der Waals surface area contributed by atoms with Crippen molar-refractivity contribution in [1.29, 1.82) is 0 Å². The van der Waals surface area contributed by atoms with E-state index in [0.717, 1.165) is 5.56 Å². The summed E-state index contributed by atoms with van der Waals surface area (Å²) in [7, 11) is 4.74. The molecule has 0 aliphatic heterocycles. The van der Waals surface area contributed by atoms with Gasteiger partial charge < -0.3 is 9.49 Å². The molecule has 0 fully saturated rings. The van der Waals surface area contributed by atoms with Gasteiger partial charge in [-0.3, -0.25) is 5.32 Å². The summed E-state index contributed by atoms with van der Waals surface area (Å²) >= 11 is 1.20. The average molecular weight is 355 g/mol. The molecule has 12 heteroatoms. The van der Waals surface area contributed by atoms with Gasteiger partial charge in [0.1, 0.15) is 0 Å². The van der Waals surface area contributed by atoms with Crippen LogP contribution in [0.3, 0.4) is 0 Å². The van der Waals surface area contributed by atoms with Gasteiger partial charge in [0.2, 0.25) is 5.82 Å². The fourth-order valence-electron chi connectivity index (χ4n) is 1.79. The zero-order chi connectivity index (χ0) is 17.5. The van der Waals surface area contributed by atoms with Gasteiger partial charge in [-0.2, -0.15) is 5.21 Å². The smallest absolute Gasteiger partial charge is 0.394 e. The summed E-state index contributed by atoms with van der Waals surface area (Å²) in [6.07, 6.45) is -0.802. The van der Waals surface area contributed by atoms with Crippen molar-refractivity contribution in [2.45, 2.75) is 6.61 Å². The number of anilines is 1. The van der Waals surface area contributed by atoms with Crippen molar-refractivity contribution in [2.24, 2.45) is 5.16 Å². The summed E-state index contributed by atoms with van der Waals surface area (Å²) in [5, 5.41) is 22.2. The summed E-state index contributed by atoms with van der Waals surface area (Å²) in [5.74, 6) is 0.303. The molecule has 0 aliphatic rings. The van der Waals surface area contributed by atoms with Gasteiger partial charge in [0, 0.05) is 10.9 Å². The molecule has 25 heavy (non-hydrogen) atoms. The van der Waals surface area contributed by atoms with E-state index in [1.807, 2.05) is 30.3 Å². The Balaban J connectivity index is 1.69. The molecule has 0 aliphatic carbocycles. The Labute approximate surface area is 146 Å². The number of thiazole rings is 1. The lowest BCUT2D eigenvalue weighted by Crippen LogP contribution is -2.11. The van der Waals surface area contributed by atoms with Crippen molar-refractivity contribution in [3.63, 3.8) is 0 Å². The molecule has 124 valence electrons. The van der Waals surface area contributed by atoms with Gasteiger partial charge in [0.15, 0.2) is 17.5 Å². The van der Waals surface area contributed by atoms with Gasteiger partial charge in [0.25, 0.3) is 0 Å². The Morgan fingerprint density at radius 1 is 1.36 bits per heavy atom. The molecule has 0 spiro atoms. The monoisotopic (exact) mass is 355 g/mol. The number of benzene rings is 1. The molecule has 10 nitrogen and oxygen atoms in total. The van der Waals surface area contributed by atoms with Crippen LogP contribution in [0.1, 0.15) is 17.1 Å². The van der Waals surface area contributed by atoms with E-state index in [-0.39, 0.29) is 6.61 Å². The fraction of sp³-hybridized carbons (Fsp3) is 0.0769. The lowest BCUT2D eigenvalue weighted by molar-refractivity contribution is 0.128. The quantitative estimate of drug-likeness (QED) is 0.387. The molecule has 2 heterocycles. The van der Waals surface area contributed by atoms with Gasteiger partial charge in [-0.15, -0.1) is 21.5 Å². The van der Waals surface area contributed by atoms with E-state index in [4.69, 9.17) is 12.9 Å². The minimum atomic E-state index is -0.802. The minimum absolute atomic E-state index is 0.0873. The highest BCUT2D eigenvalue weighted by Gasteiger charge is 2.13. The van der Waals surface area contributed by atoms with Crippen LogP contribution in [0, 0.1) is 0 Å². The highest BCUT2D eigenvalue weighted by molar-refractivity contribution is 7.13. The maximum atomic E-state index is 11.0. The molecule has 0 saturated heterocycles. The van der Waals surface area contributed by atoms with Crippen LogP contribution in [0.5, 0.6) is 0 Å². The SMILES string of the molecule is [B]OC(=O)Nc1nc(CO/N=C(\c2ccccc2)c2nn[nH]n2)cs1. The largest absolute Gasteiger partial charge is 0.528 e. The second-order valence-electron chi connectivity index (χ2n) is 4.49. The van der Waals surface area contributed by atoms with Crippen molar-refractivity contribution in [1.82, 2.24) is 25.6 Å². The molecule has 0 atom stereocenters. The average Bonchev–Trinajstić information content (AvgIpc) is 3.31. The summed E-state index contributed by atoms with van der Waals surface area (Å²) in [4.78, 5) is 20.5. The number of H-pyrrole nitrogens is 1. The molecule has 0 bridgehead atoms. The molecular weight excluding hydrogens is 345 g/mol. The van der Waals surface area contributed by atoms with E-state index >= 15 is 0 Å². The molecule has 2 aromatic heterocycles. The van der Waals surface area contributed by atoms with Crippen LogP contribution in [0.2, 0.25) is 0 Å². The highest BCUT2D eigenvalue weighted by Crippen LogP contribution is 2.16. The van der Waals surface area contributed by atoms with Gasteiger partial charge in [-0.1, -0.05) is 35.5 Å². The fourth-order valence-corrected chi connectivity index (χ4v) is 2.47. The number of hydrogen-bond acceptors (Lipinski definition) is 9. The normalized spacial score (nSPS) is 11.1. The molecule has 1 amide bonds. The Morgan fingerprint density at radius 3 is 2.92 bits per heavy atom. The zero-order valence-electron chi connectivity index (χ0n) is 12.6. The first-order chi connectivity index (χ1) is 12.3. The maximum Gasteiger partial charge on any atom is 0.394 e. The van der Waals surface area contributed by atoms with Gasteiger partial charge in [0.05, 0.1) is 5.69 Å². The Bertz CT molecular complexity index is 854. The van der Waals surface area contributed by atoms with Crippen molar-refractivity contribution in [3.8, 4) is 0 Å². The second kappa shape index (κ2) is 8.01. The van der Waals surface area contributed by atoms with Crippen LogP contribution in [-0.4, -0.2) is 45.5 Å². The van der Waals surface area contributed by atoms with E-state index in [0.29, 0.717) is 22.4 Å². The third-order valence-electron chi connectivity index (χ3n) is 2.84. The summed E-state index contributed by atoms with van der Waals surface area (Å²) in [6.45, 7) is 0.0873. The maximum absolute atomic E-state index is 11.0. The van der Waals surface area contributed by atoms with Crippen LogP contribution in [0.4, 0.5) is 9.93 Å². The lowest BCUT2D eigenvalue weighted by Gasteiger charge is -2.02. The number of rotatable bonds is 6. The molecule has 3 rings (SSSR count). The number of hydrogen-bond donors (Lipinski definition) is 2. The summed E-state index contributed by atoms with van der Waals surface area (Å²) in [6, 6.07) is 9.30. The van der Waals surface area contributed by atoms with Crippen LogP contribution >= 0.6 is 11.3 Å². The first-order valence-electron chi connectivity index (χ1n) is 6.87. The van der Waals surface area contributed by atoms with E-state index in [1.165, 1.54) is 11.3 Å². The zero-order valence-corrected chi connectivity index (χ0v) is 13.4. The molecule has 2 radical (unpaired) electrons. The summed E-state index contributed by atoms with van der Waals surface area (Å²) < 4.78 is 4.01. The third-order valence-corrected chi connectivity index (χ3v) is 3.65. The van der Waals surface area contributed by atoms with E-state index in [2.05, 4.69) is 40.7 Å². The number of aromatic nitrogens is 5. The van der Waals surface area contributed by atoms with Crippen LogP contribution in [0.15, 0.2) is 40.9 Å². The number of tetrazole rings is 1. The third kappa shape index (κ3) is 4.38. The molecule has 3 aromatic rings. The van der Waals surface area contributed by atoms with Crippen molar-refractivity contribution >= 4 is 36.3 Å². The predicted molar refractivity (Wildman–Crippen MR) is 89.0 cm³/mol. The standard InChI is InChI=1S/C13H10BN7O3S/c14-24-13(22)16-12-15-9(7-25-12)6-23-19-10(11-17-20-21-18-11)8-4-2-1-3-5-8/h1-5,7H,6H2,(H,15,16,22)(H,17,18,20,21)/b19-10+. The van der Waals surface area contributed by atoms with Gasteiger partial charge >= 0.3 is 14.1 Å². The van der Waals surface area contributed by atoms with Crippen molar-refractivity contribution in [2.75, 3.05) is 5.32 Å². The number of oxime groups is 1. The van der Waals surface area contributed by atoms with Crippen LogP contribution in [-0.2, 0) is 16.1 Å². The van der Waals surface area contributed by atoms with E-state index in [1.54, 1.807) is 5.38 Å². The van der Waals surface area contributed by atoms with Crippen molar-refractivity contribution in [3.05, 3.63) is 52.8 Å². The molecule has 0 unspecified atom stereocenters. The Morgan fingerprint density at radius 2 is 2.20 bits per heavy atom. The number of nitrogens with one attached hydrogen (secondary N) is 2. The van der Waals surface area contributed by atoms with E-state index in [9.17, 15) is 4.79 Å². The number of aromatic amines is 1. The van der Waals surface area contributed by atoms with Crippen LogP contribution < -0.4 is 5.32 Å². The predicted octanol–water partition coefficient (Wildman–Crippen LogP) is 1.26. The number of carbonyl (C=O) groups is 1. The Hall–Kier alpha value is -3.28. The van der Waals surface area contributed by atoms with Gasteiger partial charge in [-0.25, -0.2) is 9.78 Å². The second-order valence-corrected chi connectivity index (χ2v) is 5.35. The number of nitrogens with zero attached hydrogens (tertiary/aromatic N) is 5. The van der Waals surface area contributed by atoms with Crippen LogP contribution in [0.25, 0.3) is 0 Å². The van der Waals surface area contributed by atoms with Crippen molar-refractivity contribution < 1.29 is 14.3 Å². The number of amides is 1. The van der Waals surface area contributed by atoms with E-state index < -0.39 is 6.09 Å². The van der Waals surface area contributed by atoms with Gasteiger partial charge in [-0.05, 0) is 5.21 Å². The molecule has 1 aromatic carbocycles. The summed E-state index contributed by atoms with van der Waals surface area (Å²) in [5.41, 5.74) is 1.77. The first-order valence-corrected chi connectivity index (χ1v) is 7.75. The topological polar surface area (TPSA) is 127 Å².